The van der Waals surface area contributed by atoms with Crippen molar-refractivity contribution < 1.29 is 17.6 Å². The van der Waals surface area contributed by atoms with Crippen LogP contribution in [-0.4, -0.2) is 38.0 Å². The van der Waals surface area contributed by atoms with Gasteiger partial charge in [0.15, 0.2) is 0 Å². The summed E-state index contributed by atoms with van der Waals surface area (Å²) >= 11 is 3.14. The fourth-order valence-corrected chi connectivity index (χ4v) is 3.53. The summed E-state index contributed by atoms with van der Waals surface area (Å²) in [6.45, 7) is 0.568. The maximum Gasteiger partial charge on any atom is 0.228 e. The zero-order valence-electron chi connectivity index (χ0n) is 11.5. The molecule has 0 aromatic heterocycles. The topological polar surface area (TPSA) is 66.5 Å². The van der Waals surface area contributed by atoms with E-state index < -0.39 is 21.8 Å². The SMILES string of the molecule is CS(=O)(=O)N1CCC[C@@H](C(=O)Nc2ccc(Br)cc2F)C1. The lowest BCUT2D eigenvalue weighted by Crippen LogP contribution is -2.43. The quantitative estimate of drug-likeness (QED) is 0.876. The van der Waals surface area contributed by atoms with Crippen LogP contribution >= 0.6 is 15.9 Å². The van der Waals surface area contributed by atoms with Crippen molar-refractivity contribution >= 4 is 37.5 Å². The molecule has 1 aliphatic heterocycles. The van der Waals surface area contributed by atoms with Gasteiger partial charge in [-0.05, 0) is 31.0 Å². The van der Waals surface area contributed by atoms with E-state index in [1.165, 1.54) is 16.4 Å². The van der Waals surface area contributed by atoms with E-state index in [-0.39, 0.29) is 18.1 Å². The summed E-state index contributed by atoms with van der Waals surface area (Å²) in [6, 6.07) is 4.36. The van der Waals surface area contributed by atoms with Crippen molar-refractivity contribution in [2.75, 3.05) is 24.7 Å². The number of carbonyl (C=O) groups excluding carboxylic acids is 1. The first-order valence-corrected chi connectivity index (χ1v) is 9.12. The minimum absolute atomic E-state index is 0.0969. The molecule has 0 bridgehead atoms. The second kappa shape index (κ2) is 6.41. The van der Waals surface area contributed by atoms with Crippen LogP contribution in [0, 0.1) is 11.7 Å². The number of piperidine rings is 1. The molecular formula is C13H16BrFN2O3S. The second-order valence-electron chi connectivity index (χ2n) is 5.07. The van der Waals surface area contributed by atoms with Gasteiger partial charge < -0.3 is 5.32 Å². The van der Waals surface area contributed by atoms with E-state index in [2.05, 4.69) is 21.2 Å². The number of hydrogen-bond acceptors (Lipinski definition) is 3. The lowest BCUT2D eigenvalue weighted by Gasteiger charge is -2.30. The number of nitrogens with zero attached hydrogens (tertiary/aromatic N) is 1. The van der Waals surface area contributed by atoms with Gasteiger partial charge in [0.05, 0.1) is 17.9 Å². The molecule has 0 saturated carbocycles. The van der Waals surface area contributed by atoms with Crippen LogP contribution in [0.5, 0.6) is 0 Å². The third-order valence-corrected chi connectivity index (χ3v) is 5.18. The normalized spacial score (nSPS) is 20.2. The van der Waals surface area contributed by atoms with Gasteiger partial charge in [-0.15, -0.1) is 0 Å². The third kappa shape index (κ3) is 4.24. The van der Waals surface area contributed by atoms with E-state index in [0.29, 0.717) is 23.9 Å². The fraction of sp³-hybridized carbons (Fsp3) is 0.462. The molecule has 1 N–H and O–H groups in total. The highest BCUT2D eigenvalue weighted by Gasteiger charge is 2.30. The van der Waals surface area contributed by atoms with E-state index in [1.54, 1.807) is 6.07 Å². The molecule has 5 nitrogen and oxygen atoms in total. The molecule has 1 saturated heterocycles. The molecule has 1 aliphatic rings. The molecule has 1 aromatic rings. The van der Waals surface area contributed by atoms with Crippen LogP contribution in [0.3, 0.4) is 0 Å². The number of carbonyl (C=O) groups is 1. The first-order chi connectivity index (χ1) is 9.77. The van der Waals surface area contributed by atoms with Gasteiger partial charge in [-0.3, -0.25) is 4.79 Å². The number of amides is 1. The molecular weight excluding hydrogens is 363 g/mol. The van der Waals surface area contributed by atoms with Crippen LogP contribution < -0.4 is 5.32 Å². The van der Waals surface area contributed by atoms with Crippen molar-refractivity contribution in [3.05, 3.63) is 28.5 Å². The number of rotatable bonds is 3. The molecule has 0 unspecified atom stereocenters. The number of anilines is 1. The summed E-state index contributed by atoms with van der Waals surface area (Å²) in [6.07, 6.45) is 2.34. The summed E-state index contributed by atoms with van der Waals surface area (Å²) in [5, 5.41) is 2.52. The molecule has 1 amide bonds. The first-order valence-electron chi connectivity index (χ1n) is 6.48. The van der Waals surface area contributed by atoms with E-state index in [4.69, 9.17) is 0 Å². The highest BCUT2D eigenvalue weighted by atomic mass is 79.9. The van der Waals surface area contributed by atoms with Gasteiger partial charge in [0, 0.05) is 17.6 Å². The van der Waals surface area contributed by atoms with Gasteiger partial charge in [-0.25, -0.2) is 17.1 Å². The van der Waals surface area contributed by atoms with E-state index in [0.717, 1.165) is 6.26 Å². The Morgan fingerprint density at radius 2 is 2.19 bits per heavy atom. The zero-order valence-corrected chi connectivity index (χ0v) is 13.9. The summed E-state index contributed by atoms with van der Waals surface area (Å²) in [7, 11) is -3.31. The Morgan fingerprint density at radius 3 is 2.81 bits per heavy atom. The summed E-state index contributed by atoms with van der Waals surface area (Å²) in [5.74, 6) is -1.35. The first kappa shape index (κ1) is 16.4. The second-order valence-corrected chi connectivity index (χ2v) is 7.97. The number of hydrogen-bond donors (Lipinski definition) is 1. The van der Waals surface area contributed by atoms with Gasteiger partial charge >= 0.3 is 0 Å². The third-order valence-electron chi connectivity index (χ3n) is 3.41. The molecule has 1 aromatic carbocycles. The van der Waals surface area contributed by atoms with Gasteiger partial charge in [0.25, 0.3) is 0 Å². The monoisotopic (exact) mass is 378 g/mol. The van der Waals surface area contributed by atoms with Crippen LogP contribution in [0.2, 0.25) is 0 Å². The van der Waals surface area contributed by atoms with Crippen LogP contribution in [0.1, 0.15) is 12.8 Å². The van der Waals surface area contributed by atoms with Crippen molar-refractivity contribution in [2.45, 2.75) is 12.8 Å². The Labute approximate surface area is 131 Å². The molecule has 0 radical (unpaired) electrons. The number of halogens is 2. The van der Waals surface area contributed by atoms with Crippen molar-refractivity contribution in [3.8, 4) is 0 Å². The fourth-order valence-electron chi connectivity index (χ4n) is 2.28. The van der Waals surface area contributed by atoms with E-state index >= 15 is 0 Å². The molecule has 1 atom stereocenters. The highest BCUT2D eigenvalue weighted by molar-refractivity contribution is 9.10. The maximum atomic E-state index is 13.7. The van der Waals surface area contributed by atoms with E-state index in [9.17, 15) is 17.6 Å². The van der Waals surface area contributed by atoms with Crippen LogP contribution in [0.25, 0.3) is 0 Å². The lowest BCUT2D eigenvalue weighted by atomic mass is 9.98. The molecule has 1 fully saturated rings. The lowest BCUT2D eigenvalue weighted by molar-refractivity contribution is -0.120. The average molecular weight is 379 g/mol. The Kier molecular flexibility index (Phi) is 5.00. The van der Waals surface area contributed by atoms with Gasteiger partial charge in [0.2, 0.25) is 15.9 Å². The van der Waals surface area contributed by atoms with Crippen molar-refractivity contribution in [1.82, 2.24) is 4.31 Å². The summed E-state index contributed by atoms with van der Waals surface area (Å²) in [4.78, 5) is 12.2. The number of sulfonamides is 1. The van der Waals surface area contributed by atoms with Gasteiger partial charge in [-0.2, -0.15) is 0 Å². The minimum Gasteiger partial charge on any atom is -0.323 e. The standard InChI is InChI=1S/C13H16BrFN2O3S/c1-21(19,20)17-6-2-3-9(8-17)13(18)16-12-5-4-10(14)7-11(12)15/h4-5,7,9H,2-3,6,8H2,1H3,(H,16,18)/t9-/m1/s1. The number of benzene rings is 1. The summed E-state index contributed by atoms with van der Waals surface area (Å²) < 4.78 is 38.6. The van der Waals surface area contributed by atoms with Crippen molar-refractivity contribution in [1.29, 1.82) is 0 Å². The molecule has 2 rings (SSSR count). The molecule has 0 aliphatic carbocycles. The molecule has 116 valence electrons. The maximum absolute atomic E-state index is 13.7. The summed E-state index contributed by atoms with van der Waals surface area (Å²) in [5.41, 5.74) is 0.0969. The molecule has 21 heavy (non-hydrogen) atoms. The Bertz CT molecular complexity index is 651. The largest absolute Gasteiger partial charge is 0.323 e. The van der Waals surface area contributed by atoms with Gasteiger partial charge in [0.1, 0.15) is 5.82 Å². The minimum atomic E-state index is -3.31. The molecule has 0 spiro atoms. The highest BCUT2D eigenvalue weighted by Crippen LogP contribution is 2.23. The van der Waals surface area contributed by atoms with Crippen LogP contribution in [0.4, 0.5) is 10.1 Å². The predicted octanol–water partition coefficient (Wildman–Crippen LogP) is 2.20. The van der Waals surface area contributed by atoms with Gasteiger partial charge in [-0.1, -0.05) is 15.9 Å². The Hall–Kier alpha value is -0.990. The van der Waals surface area contributed by atoms with Crippen LogP contribution in [-0.2, 0) is 14.8 Å². The van der Waals surface area contributed by atoms with E-state index in [1.807, 2.05) is 0 Å². The van der Waals surface area contributed by atoms with Crippen molar-refractivity contribution in [3.63, 3.8) is 0 Å². The van der Waals surface area contributed by atoms with Crippen LogP contribution in [0.15, 0.2) is 22.7 Å². The van der Waals surface area contributed by atoms with Crippen molar-refractivity contribution in [2.24, 2.45) is 5.92 Å². The Morgan fingerprint density at radius 1 is 1.48 bits per heavy atom. The smallest absolute Gasteiger partial charge is 0.228 e. The molecule has 1 heterocycles. The molecule has 8 heteroatoms. The predicted molar refractivity (Wildman–Crippen MR) is 81.9 cm³/mol. The zero-order chi connectivity index (χ0) is 15.6. The average Bonchev–Trinajstić information content (AvgIpc) is 2.41. The Balaban J connectivity index is 2.06. The number of nitrogens with one attached hydrogen (secondary N) is 1.